The molecule has 1 rings (SSSR count). The van der Waals surface area contributed by atoms with Gasteiger partial charge in [-0.3, -0.25) is 4.79 Å². The maximum atomic E-state index is 9.00. The Labute approximate surface area is 118 Å². The van der Waals surface area contributed by atoms with Crippen LogP contribution in [0.1, 0.15) is 72.1 Å². The predicted octanol–water partition coefficient (Wildman–Crippen LogP) is 4.44. The molecule has 0 aromatic heterocycles. The number of hydrogen-bond acceptors (Lipinski definition) is 2. The smallest absolute Gasteiger partial charge is 0.300 e. The van der Waals surface area contributed by atoms with E-state index in [2.05, 4.69) is 24.8 Å². The van der Waals surface area contributed by atoms with Crippen molar-refractivity contribution in [2.75, 3.05) is 13.1 Å². The largest absolute Gasteiger partial charge is 0.481 e. The Bertz CT molecular complexity index is 257. The Kier molecular flexibility index (Phi) is 11.4. The molecule has 1 N–H and O–H groups in total. The number of allylic oxidation sites excluding steroid dienone is 2. The van der Waals surface area contributed by atoms with Gasteiger partial charge in [0.25, 0.3) is 5.97 Å². The first-order valence-corrected chi connectivity index (χ1v) is 7.75. The molecule has 1 heterocycles. The predicted molar refractivity (Wildman–Crippen MR) is 81.2 cm³/mol. The van der Waals surface area contributed by atoms with E-state index in [0.717, 1.165) is 6.92 Å². The minimum atomic E-state index is -0.833. The van der Waals surface area contributed by atoms with Gasteiger partial charge in [0.1, 0.15) is 0 Å². The van der Waals surface area contributed by atoms with Gasteiger partial charge in [-0.05, 0) is 32.1 Å². The monoisotopic (exact) mass is 269 g/mol. The van der Waals surface area contributed by atoms with Gasteiger partial charge in [0, 0.05) is 25.7 Å². The van der Waals surface area contributed by atoms with Crippen LogP contribution in [-0.4, -0.2) is 29.1 Å². The molecule has 0 bridgehead atoms. The lowest BCUT2D eigenvalue weighted by Crippen LogP contribution is -2.18. The van der Waals surface area contributed by atoms with Crippen molar-refractivity contribution in [3.8, 4) is 0 Å². The fourth-order valence-electron chi connectivity index (χ4n) is 2.35. The topological polar surface area (TPSA) is 40.5 Å². The average Bonchev–Trinajstić information content (AvgIpc) is 2.76. The van der Waals surface area contributed by atoms with Gasteiger partial charge in [-0.1, -0.05) is 39.2 Å². The molecule has 1 aliphatic heterocycles. The molecule has 0 atom stereocenters. The van der Waals surface area contributed by atoms with Crippen LogP contribution in [-0.2, 0) is 4.79 Å². The van der Waals surface area contributed by atoms with Gasteiger partial charge in [-0.25, -0.2) is 0 Å². The zero-order valence-corrected chi connectivity index (χ0v) is 13.0. The highest BCUT2D eigenvalue weighted by Crippen LogP contribution is 2.22. The van der Waals surface area contributed by atoms with E-state index in [1.807, 2.05) is 0 Å². The molecule has 112 valence electrons. The first kappa shape index (κ1) is 18.0. The van der Waals surface area contributed by atoms with Crippen molar-refractivity contribution in [3.05, 3.63) is 11.8 Å². The van der Waals surface area contributed by atoms with Gasteiger partial charge in [0.05, 0.1) is 0 Å². The SMILES string of the molecule is CC(=O)O.CCCCCCC=C1CCCN1CCC. The van der Waals surface area contributed by atoms with E-state index in [0.29, 0.717) is 0 Å². The van der Waals surface area contributed by atoms with Crippen molar-refractivity contribution >= 4 is 5.97 Å². The number of carboxylic acid groups (broad SMARTS) is 1. The summed E-state index contributed by atoms with van der Waals surface area (Å²) in [5.41, 5.74) is 1.63. The molecule has 0 aromatic rings. The van der Waals surface area contributed by atoms with Crippen LogP contribution < -0.4 is 0 Å². The summed E-state index contributed by atoms with van der Waals surface area (Å²) in [6.45, 7) is 8.20. The number of nitrogens with zero attached hydrogens (tertiary/aromatic N) is 1. The van der Waals surface area contributed by atoms with Gasteiger partial charge in [-0.2, -0.15) is 0 Å². The summed E-state index contributed by atoms with van der Waals surface area (Å²) >= 11 is 0. The second kappa shape index (κ2) is 12.1. The van der Waals surface area contributed by atoms with Gasteiger partial charge in [-0.15, -0.1) is 0 Å². The molecule has 0 saturated carbocycles. The van der Waals surface area contributed by atoms with Crippen molar-refractivity contribution in [1.82, 2.24) is 4.90 Å². The Morgan fingerprint density at radius 2 is 1.95 bits per heavy atom. The maximum Gasteiger partial charge on any atom is 0.300 e. The minimum absolute atomic E-state index is 0.833. The third kappa shape index (κ3) is 10.6. The molecule has 0 aliphatic carbocycles. The van der Waals surface area contributed by atoms with E-state index >= 15 is 0 Å². The molecular weight excluding hydrogens is 238 g/mol. The summed E-state index contributed by atoms with van der Waals surface area (Å²) in [5.74, 6) is -0.833. The number of carboxylic acids is 1. The van der Waals surface area contributed by atoms with Crippen molar-refractivity contribution < 1.29 is 9.90 Å². The highest BCUT2D eigenvalue weighted by atomic mass is 16.4. The molecule has 19 heavy (non-hydrogen) atoms. The zero-order valence-electron chi connectivity index (χ0n) is 13.0. The van der Waals surface area contributed by atoms with Crippen LogP contribution in [0.3, 0.4) is 0 Å². The van der Waals surface area contributed by atoms with E-state index < -0.39 is 5.97 Å². The lowest BCUT2D eigenvalue weighted by Gasteiger charge is -2.18. The molecular formula is C16H31NO2. The van der Waals surface area contributed by atoms with Crippen LogP contribution in [0.5, 0.6) is 0 Å². The number of rotatable bonds is 7. The summed E-state index contributed by atoms with van der Waals surface area (Å²) in [7, 11) is 0. The molecule has 0 amide bonds. The van der Waals surface area contributed by atoms with E-state index in [-0.39, 0.29) is 0 Å². The molecule has 3 heteroatoms. The minimum Gasteiger partial charge on any atom is -0.481 e. The average molecular weight is 269 g/mol. The first-order valence-electron chi connectivity index (χ1n) is 7.75. The van der Waals surface area contributed by atoms with Crippen molar-refractivity contribution in [2.45, 2.75) is 72.1 Å². The summed E-state index contributed by atoms with van der Waals surface area (Å²) in [6.07, 6.45) is 13.3. The molecule has 0 aromatic carbocycles. The van der Waals surface area contributed by atoms with E-state index in [1.54, 1.807) is 5.70 Å². The number of aliphatic carboxylic acids is 1. The molecule has 0 radical (unpaired) electrons. The van der Waals surface area contributed by atoms with Gasteiger partial charge in [0.15, 0.2) is 0 Å². The third-order valence-corrected chi connectivity index (χ3v) is 3.20. The van der Waals surface area contributed by atoms with Gasteiger partial charge in [0.2, 0.25) is 0 Å². The fraction of sp³-hybridized carbons (Fsp3) is 0.812. The fourth-order valence-corrected chi connectivity index (χ4v) is 2.35. The quantitative estimate of drug-likeness (QED) is 0.695. The first-order chi connectivity index (χ1) is 9.11. The molecule has 1 aliphatic rings. The van der Waals surface area contributed by atoms with Crippen molar-refractivity contribution in [1.29, 1.82) is 0 Å². The van der Waals surface area contributed by atoms with E-state index in [9.17, 15) is 0 Å². The van der Waals surface area contributed by atoms with Crippen molar-refractivity contribution in [2.24, 2.45) is 0 Å². The number of carbonyl (C=O) groups is 1. The Balaban J connectivity index is 0.000000711. The van der Waals surface area contributed by atoms with Gasteiger partial charge >= 0.3 is 0 Å². The zero-order chi connectivity index (χ0) is 14.5. The molecule has 0 spiro atoms. The Hall–Kier alpha value is -0.990. The molecule has 1 fully saturated rings. The highest BCUT2D eigenvalue weighted by Gasteiger charge is 2.14. The maximum absolute atomic E-state index is 9.00. The number of unbranched alkanes of at least 4 members (excludes halogenated alkanes) is 4. The molecule has 3 nitrogen and oxygen atoms in total. The lowest BCUT2D eigenvalue weighted by atomic mass is 10.1. The summed E-state index contributed by atoms with van der Waals surface area (Å²) in [6, 6.07) is 0. The Morgan fingerprint density at radius 3 is 2.53 bits per heavy atom. The van der Waals surface area contributed by atoms with Crippen LogP contribution in [0.25, 0.3) is 0 Å². The van der Waals surface area contributed by atoms with E-state index in [1.165, 1.54) is 64.5 Å². The van der Waals surface area contributed by atoms with Gasteiger partial charge < -0.3 is 10.0 Å². The second-order valence-corrected chi connectivity index (χ2v) is 5.15. The van der Waals surface area contributed by atoms with Crippen LogP contribution >= 0.6 is 0 Å². The number of hydrogen-bond donors (Lipinski definition) is 1. The van der Waals surface area contributed by atoms with E-state index in [4.69, 9.17) is 9.90 Å². The lowest BCUT2D eigenvalue weighted by molar-refractivity contribution is -0.134. The van der Waals surface area contributed by atoms with Crippen LogP contribution in [0.2, 0.25) is 0 Å². The summed E-state index contributed by atoms with van der Waals surface area (Å²) in [4.78, 5) is 11.6. The molecule has 1 saturated heterocycles. The summed E-state index contributed by atoms with van der Waals surface area (Å²) < 4.78 is 0. The van der Waals surface area contributed by atoms with Crippen LogP contribution in [0, 0.1) is 0 Å². The normalized spacial score (nSPS) is 16.4. The summed E-state index contributed by atoms with van der Waals surface area (Å²) in [5, 5.41) is 7.42. The van der Waals surface area contributed by atoms with Crippen molar-refractivity contribution in [3.63, 3.8) is 0 Å². The number of likely N-dealkylation sites (tertiary alicyclic amines) is 1. The third-order valence-electron chi connectivity index (χ3n) is 3.20. The van der Waals surface area contributed by atoms with Crippen LogP contribution in [0.15, 0.2) is 11.8 Å². The van der Waals surface area contributed by atoms with Crippen LogP contribution in [0.4, 0.5) is 0 Å². The standard InChI is InChI=1S/C14H27N.C2H4O2/c1-3-5-6-7-8-10-14-11-9-13-15(14)12-4-2;1-2(3)4/h10H,3-9,11-13H2,1-2H3;1H3,(H,3,4). The second-order valence-electron chi connectivity index (χ2n) is 5.15. The highest BCUT2D eigenvalue weighted by molar-refractivity contribution is 5.62. The Morgan fingerprint density at radius 1 is 1.26 bits per heavy atom. The molecule has 0 unspecified atom stereocenters.